The molecule has 0 heterocycles. The van der Waals surface area contributed by atoms with Gasteiger partial charge in [0.2, 0.25) is 0 Å². The Hall–Kier alpha value is -1.97. The predicted molar refractivity (Wildman–Crippen MR) is 61.1 cm³/mol. The highest BCUT2D eigenvalue weighted by atomic mass is 19.2. The summed E-state index contributed by atoms with van der Waals surface area (Å²) in [5, 5.41) is 0. The molecule has 0 atom stereocenters. The normalized spacial score (nSPS) is 11.7. The summed E-state index contributed by atoms with van der Waals surface area (Å²) in [4.78, 5) is 11.3. The molecule has 0 bridgehead atoms. The molecule has 17 heavy (non-hydrogen) atoms. The minimum Gasteiger partial charge on any atom is -0.430 e. The minimum atomic E-state index is -1.35. The quantitative estimate of drug-likeness (QED) is 0.441. The molecular weight excluding hydrogens is 226 g/mol. The van der Waals surface area contributed by atoms with Crippen LogP contribution in [0.25, 0.3) is 0 Å². The molecule has 0 amide bonds. The third-order valence-corrected chi connectivity index (χ3v) is 2.07. The second-order valence-corrected chi connectivity index (χ2v) is 3.23. The first-order valence-corrected chi connectivity index (χ1v) is 5.07. The molecule has 0 fully saturated rings. The molecule has 0 saturated carbocycles. The number of ketones is 1. The van der Waals surface area contributed by atoms with Crippen molar-refractivity contribution in [2.45, 2.75) is 13.3 Å². The van der Waals surface area contributed by atoms with E-state index in [1.165, 1.54) is 24.3 Å². The average Bonchev–Trinajstić information content (AvgIpc) is 2.37. The summed E-state index contributed by atoms with van der Waals surface area (Å²) in [6, 6.07) is 4.45. The summed E-state index contributed by atoms with van der Waals surface area (Å²) in [5.74, 6) is -1.07. The minimum absolute atomic E-state index is 0.0233. The first kappa shape index (κ1) is 13.1. The van der Waals surface area contributed by atoms with Gasteiger partial charge in [0.1, 0.15) is 5.75 Å². The molecule has 0 aliphatic carbocycles. The highest BCUT2D eigenvalue weighted by molar-refractivity contribution is 5.95. The van der Waals surface area contributed by atoms with E-state index in [1.54, 1.807) is 6.92 Å². The highest BCUT2D eigenvalue weighted by Gasteiger charge is 2.07. The van der Waals surface area contributed by atoms with Crippen molar-refractivity contribution in [2.24, 2.45) is 0 Å². The van der Waals surface area contributed by atoms with Gasteiger partial charge < -0.3 is 4.74 Å². The molecule has 0 aliphatic rings. The number of carbonyl (C=O) groups is 1. The SMILES string of the molecule is C=C/C(F)=C(\F)Oc1ccc(C(=O)CC)cc1. The van der Waals surface area contributed by atoms with Crippen LogP contribution in [-0.2, 0) is 0 Å². The van der Waals surface area contributed by atoms with E-state index < -0.39 is 11.8 Å². The summed E-state index contributed by atoms with van der Waals surface area (Å²) in [5.41, 5.74) is 0.508. The maximum Gasteiger partial charge on any atom is 0.314 e. The Morgan fingerprint density at radius 3 is 2.41 bits per heavy atom. The Bertz CT molecular complexity index is 447. The maximum atomic E-state index is 13.0. The number of hydrogen-bond donors (Lipinski definition) is 0. The zero-order valence-corrected chi connectivity index (χ0v) is 9.37. The number of allylic oxidation sites excluding steroid dienone is 2. The number of benzene rings is 1. The van der Waals surface area contributed by atoms with Crippen LogP contribution in [0, 0.1) is 0 Å². The molecule has 0 N–H and O–H groups in total. The van der Waals surface area contributed by atoms with Crippen molar-refractivity contribution >= 4 is 5.78 Å². The molecule has 1 rings (SSSR count). The lowest BCUT2D eigenvalue weighted by Crippen LogP contribution is -1.97. The first-order valence-electron chi connectivity index (χ1n) is 5.07. The second kappa shape index (κ2) is 5.94. The first-order chi connectivity index (χ1) is 8.08. The summed E-state index contributed by atoms with van der Waals surface area (Å²) < 4.78 is 30.2. The number of halogens is 2. The molecule has 0 unspecified atom stereocenters. The van der Waals surface area contributed by atoms with E-state index in [-0.39, 0.29) is 11.5 Å². The second-order valence-electron chi connectivity index (χ2n) is 3.23. The zero-order chi connectivity index (χ0) is 12.8. The van der Waals surface area contributed by atoms with Crippen LogP contribution in [0.1, 0.15) is 23.7 Å². The Balaban J connectivity index is 2.82. The lowest BCUT2D eigenvalue weighted by molar-refractivity contribution is 0.0988. The van der Waals surface area contributed by atoms with Gasteiger partial charge in [-0.3, -0.25) is 4.79 Å². The Morgan fingerprint density at radius 1 is 1.35 bits per heavy atom. The Labute approximate surface area is 98.2 Å². The van der Waals surface area contributed by atoms with Gasteiger partial charge in [0.05, 0.1) is 0 Å². The fourth-order valence-corrected chi connectivity index (χ4v) is 1.15. The molecule has 0 radical (unpaired) electrons. The number of Topliss-reactive ketones (excluding diaryl/α,β-unsaturated/α-hetero) is 1. The molecule has 1 aromatic carbocycles. The van der Waals surface area contributed by atoms with Crippen LogP contribution < -0.4 is 4.74 Å². The topological polar surface area (TPSA) is 26.3 Å². The fourth-order valence-electron chi connectivity index (χ4n) is 1.15. The zero-order valence-electron chi connectivity index (χ0n) is 9.37. The van der Waals surface area contributed by atoms with Crippen LogP contribution in [0.5, 0.6) is 5.75 Å². The van der Waals surface area contributed by atoms with E-state index in [9.17, 15) is 13.6 Å². The van der Waals surface area contributed by atoms with E-state index >= 15 is 0 Å². The van der Waals surface area contributed by atoms with E-state index in [0.717, 1.165) is 0 Å². The third-order valence-electron chi connectivity index (χ3n) is 2.07. The summed E-state index contributed by atoms with van der Waals surface area (Å²) in [6.45, 7) is 4.82. The van der Waals surface area contributed by atoms with Gasteiger partial charge in [0.15, 0.2) is 11.6 Å². The summed E-state index contributed by atoms with van der Waals surface area (Å²) in [7, 11) is 0. The van der Waals surface area contributed by atoms with Crippen LogP contribution in [0.2, 0.25) is 0 Å². The lowest BCUT2D eigenvalue weighted by atomic mass is 10.1. The van der Waals surface area contributed by atoms with Gasteiger partial charge in [0.25, 0.3) is 0 Å². The molecule has 2 nitrogen and oxygen atoms in total. The van der Waals surface area contributed by atoms with Crippen LogP contribution in [0.3, 0.4) is 0 Å². The smallest absolute Gasteiger partial charge is 0.314 e. The van der Waals surface area contributed by atoms with Crippen LogP contribution in [0.4, 0.5) is 8.78 Å². The van der Waals surface area contributed by atoms with Gasteiger partial charge in [-0.2, -0.15) is 4.39 Å². The van der Waals surface area contributed by atoms with Crippen molar-refractivity contribution in [3.63, 3.8) is 0 Å². The van der Waals surface area contributed by atoms with Gasteiger partial charge in [-0.1, -0.05) is 13.5 Å². The highest BCUT2D eigenvalue weighted by Crippen LogP contribution is 2.19. The van der Waals surface area contributed by atoms with E-state index in [0.29, 0.717) is 18.1 Å². The molecule has 0 spiro atoms. The van der Waals surface area contributed by atoms with Gasteiger partial charge in [-0.05, 0) is 30.3 Å². The van der Waals surface area contributed by atoms with Crippen LogP contribution in [0.15, 0.2) is 48.8 Å². The van der Waals surface area contributed by atoms with Crippen LogP contribution in [-0.4, -0.2) is 5.78 Å². The maximum absolute atomic E-state index is 13.0. The van der Waals surface area contributed by atoms with Crippen molar-refractivity contribution in [3.8, 4) is 5.75 Å². The number of carbonyl (C=O) groups excluding carboxylic acids is 1. The Kier molecular flexibility index (Phi) is 4.57. The van der Waals surface area contributed by atoms with Gasteiger partial charge in [-0.25, -0.2) is 4.39 Å². The average molecular weight is 238 g/mol. The van der Waals surface area contributed by atoms with Crippen molar-refractivity contribution < 1.29 is 18.3 Å². The number of ether oxygens (including phenoxy) is 1. The van der Waals surface area contributed by atoms with Crippen LogP contribution >= 0.6 is 0 Å². The molecule has 1 aromatic rings. The van der Waals surface area contributed by atoms with Gasteiger partial charge in [-0.15, -0.1) is 0 Å². The molecule has 0 aromatic heterocycles. The molecular formula is C13H12F2O2. The predicted octanol–water partition coefficient (Wildman–Crippen LogP) is 3.95. The largest absolute Gasteiger partial charge is 0.430 e. The van der Waals surface area contributed by atoms with Crippen molar-refractivity contribution in [1.82, 2.24) is 0 Å². The van der Waals surface area contributed by atoms with Crippen molar-refractivity contribution in [1.29, 1.82) is 0 Å². The molecule has 4 heteroatoms. The van der Waals surface area contributed by atoms with E-state index in [2.05, 4.69) is 11.3 Å². The van der Waals surface area contributed by atoms with Crippen molar-refractivity contribution in [2.75, 3.05) is 0 Å². The molecule has 90 valence electrons. The summed E-state index contributed by atoms with van der Waals surface area (Å²) >= 11 is 0. The molecule has 0 aliphatic heterocycles. The number of hydrogen-bond acceptors (Lipinski definition) is 2. The van der Waals surface area contributed by atoms with Gasteiger partial charge in [0, 0.05) is 12.0 Å². The number of rotatable bonds is 5. The van der Waals surface area contributed by atoms with Gasteiger partial charge >= 0.3 is 6.01 Å². The monoisotopic (exact) mass is 238 g/mol. The van der Waals surface area contributed by atoms with E-state index in [4.69, 9.17) is 0 Å². The fraction of sp³-hybridized carbons (Fsp3) is 0.154. The summed E-state index contributed by atoms with van der Waals surface area (Å²) in [6.07, 6.45) is 1.10. The standard InChI is InChI=1S/C13H12F2O2/c1-3-11(14)13(15)17-10-7-5-9(6-8-10)12(16)4-2/h3,5-8H,1,4H2,2H3/b13-11-. The third kappa shape index (κ3) is 3.52. The Morgan fingerprint density at radius 2 is 1.94 bits per heavy atom. The molecule has 0 saturated heterocycles. The van der Waals surface area contributed by atoms with E-state index in [1.807, 2.05) is 0 Å². The van der Waals surface area contributed by atoms with Crippen molar-refractivity contribution in [3.05, 3.63) is 54.3 Å². The lowest BCUT2D eigenvalue weighted by Gasteiger charge is -2.03.